The zero-order chi connectivity index (χ0) is 15.9. The monoisotopic (exact) mass is 352 g/mol. The van der Waals surface area contributed by atoms with E-state index in [1.165, 1.54) is 23.5 Å². The van der Waals surface area contributed by atoms with Crippen LogP contribution in [0.25, 0.3) is 0 Å². The molecule has 1 amide bonds. The Morgan fingerprint density at radius 3 is 2.64 bits per heavy atom. The number of amides is 1. The maximum Gasteiger partial charge on any atom is 0.250 e. The van der Waals surface area contributed by atoms with Gasteiger partial charge < -0.3 is 0 Å². The van der Waals surface area contributed by atoms with Crippen molar-refractivity contribution in [3.8, 4) is 0 Å². The SMILES string of the molecule is Cc1ccc(SCC(=O)N/N=C\c2ccc(Cl)cc2Cl)cc1. The molecule has 0 aromatic heterocycles. The highest BCUT2D eigenvalue weighted by Gasteiger charge is 2.02. The molecule has 0 aliphatic carbocycles. The van der Waals surface area contributed by atoms with Gasteiger partial charge in [0.2, 0.25) is 5.91 Å². The first-order valence-electron chi connectivity index (χ1n) is 6.51. The van der Waals surface area contributed by atoms with E-state index in [1.807, 2.05) is 31.2 Å². The first-order chi connectivity index (χ1) is 10.5. The van der Waals surface area contributed by atoms with Gasteiger partial charge in [0.15, 0.2) is 0 Å². The van der Waals surface area contributed by atoms with E-state index in [0.717, 1.165) is 4.90 Å². The average Bonchev–Trinajstić information content (AvgIpc) is 2.49. The van der Waals surface area contributed by atoms with Crippen LogP contribution in [0.1, 0.15) is 11.1 Å². The van der Waals surface area contributed by atoms with E-state index < -0.39 is 0 Å². The number of hydrogen-bond acceptors (Lipinski definition) is 3. The number of carbonyl (C=O) groups excluding carboxylic acids is 1. The molecule has 0 spiro atoms. The topological polar surface area (TPSA) is 41.5 Å². The number of hydrogen-bond donors (Lipinski definition) is 1. The fraction of sp³-hybridized carbons (Fsp3) is 0.125. The van der Waals surface area contributed by atoms with Gasteiger partial charge in [-0.2, -0.15) is 5.10 Å². The maximum atomic E-state index is 11.7. The third-order valence-corrected chi connectivity index (χ3v) is 4.32. The molecule has 0 fully saturated rings. The first kappa shape index (κ1) is 16.9. The van der Waals surface area contributed by atoms with Crippen molar-refractivity contribution in [1.82, 2.24) is 5.43 Å². The van der Waals surface area contributed by atoms with Crippen LogP contribution in [0.4, 0.5) is 0 Å². The number of nitrogens with one attached hydrogen (secondary N) is 1. The lowest BCUT2D eigenvalue weighted by atomic mass is 10.2. The summed E-state index contributed by atoms with van der Waals surface area (Å²) in [5, 5.41) is 4.93. The summed E-state index contributed by atoms with van der Waals surface area (Å²) in [6.07, 6.45) is 1.49. The minimum Gasteiger partial charge on any atom is -0.272 e. The Morgan fingerprint density at radius 1 is 1.23 bits per heavy atom. The molecule has 2 aromatic carbocycles. The molecule has 114 valence electrons. The van der Waals surface area contributed by atoms with E-state index in [1.54, 1.807) is 18.2 Å². The molecule has 2 aromatic rings. The van der Waals surface area contributed by atoms with Crippen LogP contribution < -0.4 is 5.43 Å². The second kappa shape index (κ2) is 8.22. The third-order valence-electron chi connectivity index (χ3n) is 2.75. The van der Waals surface area contributed by atoms with Crippen LogP contribution in [0.3, 0.4) is 0 Å². The zero-order valence-corrected chi connectivity index (χ0v) is 14.2. The van der Waals surface area contributed by atoms with Gasteiger partial charge in [0.05, 0.1) is 17.0 Å². The Morgan fingerprint density at radius 2 is 1.95 bits per heavy atom. The second-order valence-corrected chi connectivity index (χ2v) is 6.45. The molecule has 0 unspecified atom stereocenters. The van der Waals surface area contributed by atoms with Crippen molar-refractivity contribution >= 4 is 47.1 Å². The lowest BCUT2D eigenvalue weighted by molar-refractivity contribution is -0.118. The molecule has 3 nitrogen and oxygen atoms in total. The van der Waals surface area contributed by atoms with Gasteiger partial charge in [-0.1, -0.05) is 47.0 Å². The number of hydrazone groups is 1. The molecule has 1 N–H and O–H groups in total. The van der Waals surface area contributed by atoms with Crippen molar-refractivity contribution in [2.45, 2.75) is 11.8 Å². The fourth-order valence-corrected chi connectivity index (χ4v) is 2.74. The Kier molecular flexibility index (Phi) is 6.31. The summed E-state index contributed by atoms with van der Waals surface area (Å²) in [4.78, 5) is 12.8. The molecule has 0 aliphatic rings. The Labute approximate surface area is 143 Å². The van der Waals surface area contributed by atoms with Crippen LogP contribution >= 0.6 is 35.0 Å². The van der Waals surface area contributed by atoms with Crippen molar-refractivity contribution in [2.75, 3.05) is 5.75 Å². The molecular formula is C16H14Cl2N2OS. The van der Waals surface area contributed by atoms with Crippen molar-refractivity contribution in [1.29, 1.82) is 0 Å². The van der Waals surface area contributed by atoms with Crippen LogP contribution in [0.15, 0.2) is 52.5 Å². The van der Waals surface area contributed by atoms with Crippen molar-refractivity contribution in [3.05, 3.63) is 63.6 Å². The van der Waals surface area contributed by atoms with Gasteiger partial charge in [-0.05, 0) is 31.2 Å². The van der Waals surface area contributed by atoms with Gasteiger partial charge in [0.25, 0.3) is 0 Å². The molecule has 22 heavy (non-hydrogen) atoms. The van der Waals surface area contributed by atoms with Crippen molar-refractivity contribution in [3.63, 3.8) is 0 Å². The second-order valence-electron chi connectivity index (χ2n) is 4.56. The molecule has 0 saturated carbocycles. The molecule has 0 aliphatic heterocycles. The zero-order valence-electron chi connectivity index (χ0n) is 11.8. The molecule has 0 heterocycles. The van der Waals surface area contributed by atoms with Crippen LogP contribution in [0.5, 0.6) is 0 Å². The van der Waals surface area contributed by atoms with Crippen LogP contribution in [0.2, 0.25) is 10.0 Å². The molecule has 0 radical (unpaired) electrons. The van der Waals surface area contributed by atoms with Gasteiger partial charge in [-0.15, -0.1) is 11.8 Å². The summed E-state index contributed by atoms with van der Waals surface area (Å²) in [6, 6.07) is 13.1. The standard InChI is InChI=1S/C16H14Cl2N2OS/c1-11-2-6-14(7-3-11)22-10-16(21)20-19-9-12-4-5-13(17)8-15(12)18/h2-9H,10H2,1H3,(H,20,21)/b19-9-. The lowest BCUT2D eigenvalue weighted by Crippen LogP contribution is -2.19. The van der Waals surface area contributed by atoms with Crippen molar-refractivity contribution < 1.29 is 4.79 Å². The highest BCUT2D eigenvalue weighted by molar-refractivity contribution is 8.00. The summed E-state index contributed by atoms with van der Waals surface area (Å²) >= 11 is 13.3. The molecule has 0 saturated heterocycles. The number of rotatable bonds is 5. The highest BCUT2D eigenvalue weighted by atomic mass is 35.5. The molecule has 0 bridgehead atoms. The van der Waals surface area contributed by atoms with E-state index in [9.17, 15) is 4.79 Å². The summed E-state index contributed by atoms with van der Waals surface area (Å²) in [5.41, 5.74) is 4.36. The Balaban J connectivity index is 1.82. The van der Waals surface area contributed by atoms with Gasteiger partial charge in [0.1, 0.15) is 0 Å². The van der Waals surface area contributed by atoms with Gasteiger partial charge >= 0.3 is 0 Å². The summed E-state index contributed by atoms with van der Waals surface area (Å²) < 4.78 is 0. The summed E-state index contributed by atoms with van der Waals surface area (Å²) in [5.74, 6) is 0.126. The van der Waals surface area contributed by atoms with E-state index in [4.69, 9.17) is 23.2 Å². The first-order valence-corrected chi connectivity index (χ1v) is 8.25. The van der Waals surface area contributed by atoms with E-state index in [2.05, 4.69) is 10.5 Å². The normalized spacial score (nSPS) is 10.9. The number of aryl methyl sites for hydroxylation is 1. The third kappa shape index (κ3) is 5.37. The molecular weight excluding hydrogens is 339 g/mol. The predicted octanol–water partition coefficient (Wildman–Crippen LogP) is 4.54. The largest absolute Gasteiger partial charge is 0.272 e. The lowest BCUT2D eigenvalue weighted by Gasteiger charge is -2.02. The van der Waals surface area contributed by atoms with Crippen LogP contribution in [-0.4, -0.2) is 17.9 Å². The fourth-order valence-electron chi connectivity index (χ4n) is 1.60. The number of nitrogens with zero attached hydrogens (tertiary/aromatic N) is 1. The number of halogens is 2. The van der Waals surface area contributed by atoms with E-state index >= 15 is 0 Å². The predicted molar refractivity (Wildman–Crippen MR) is 94.1 cm³/mol. The van der Waals surface area contributed by atoms with E-state index in [0.29, 0.717) is 21.4 Å². The number of benzene rings is 2. The van der Waals surface area contributed by atoms with E-state index in [-0.39, 0.29) is 5.91 Å². The summed E-state index contributed by atoms with van der Waals surface area (Å²) in [7, 11) is 0. The average molecular weight is 353 g/mol. The van der Waals surface area contributed by atoms with Crippen molar-refractivity contribution in [2.24, 2.45) is 5.10 Å². The molecule has 0 atom stereocenters. The Hall–Kier alpha value is -1.49. The van der Waals surface area contributed by atoms with Gasteiger partial charge in [0, 0.05) is 15.5 Å². The molecule has 6 heteroatoms. The van der Waals surface area contributed by atoms with Crippen LogP contribution in [0, 0.1) is 6.92 Å². The highest BCUT2D eigenvalue weighted by Crippen LogP contribution is 2.19. The minimum absolute atomic E-state index is 0.174. The van der Waals surface area contributed by atoms with Gasteiger partial charge in [-0.25, -0.2) is 5.43 Å². The maximum absolute atomic E-state index is 11.7. The molecule has 2 rings (SSSR count). The Bertz CT molecular complexity index is 687. The quantitative estimate of drug-likeness (QED) is 0.487. The van der Waals surface area contributed by atoms with Gasteiger partial charge in [-0.3, -0.25) is 4.79 Å². The number of carbonyl (C=O) groups is 1. The minimum atomic E-state index is -0.174. The van der Waals surface area contributed by atoms with Crippen LogP contribution in [-0.2, 0) is 4.79 Å². The summed E-state index contributed by atoms with van der Waals surface area (Å²) in [6.45, 7) is 2.03. The smallest absolute Gasteiger partial charge is 0.250 e. The number of thioether (sulfide) groups is 1.